The number of ether oxygens (including phenoxy) is 3. The molecule has 0 spiro atoms. The van der Waals surface area contributed by atoms with E-state index in [1.807, 2.05) is 0 Å². The van der Waals surface area contributed by atoms with E-state index in [1.165, 1.54) is 0 Å². The highest BCUT2D eigenvalue weighted by molar-refractivity contribution is 6.36. The van der Waals surface area contributed by atoms with E-state index in [0.29, 0.717) is 0 Å². The molecular weight excluding hydrogens is 262 g/mol. The number of methoxy groups -OCH3 is 3. The average molecular weight is 275 g/mol. The fourth-order valence-corrected chi connectivity index (χ4v) is 1.63. The topological polar surface area (TPSA) is 114 Å². The van der Waals surface area contributed by atoms with Gasteiger partial charge in [-0.25, -0.2) is 4.79 Å². The standard InChI is InChI=1S/C10H13NO8/c1-16-6(12)4-5-7(9(13)17-2)11(15)19-8(5)10(14)18-3/h5,8H,4H2,1-3H3/t5-,8+/m1/s1. The number of nitrogens with zero attached hydrogens (tertiary/aromatic N) is 1. The Hall–Kier alpha value is -2.32. The fourth-order valence-electron chi connectivity index (χ4n) is 1.63. The molecule has 0 aliphatic carbocycles. The zero-order valence-electron chi connectivity index (χ0n) is 10.6. The lowest BCUT2D eigenvalue weighted by Gasteiger charge is -2.14. The lowest BCUT2D eigenvalue weighted by Crippen LogP contribution is -2.37. The summed E-state index contributed by atoms with van der Waals surface area (Å²) in [5.74, 6) is -3.70. The van der Waals surface area contributed by atoms with Gasteiger partial charge in [0, 0.05) is 0 Å². The minimum absolute atomic E-state index is 0.138. The molecule has 106 valence electrons. The number of rotatable bonds is 4. The van der Waals surface area contributed by atoms with Gasteiger partial charge in [-0.2, -0.15) is 0 Å². The molecule has 9 nitrogen and oxygen atoms in total. The normalized spacial score (nSPS) is 21.6. The van der Waals surface area contributed by atoms with E-state index in [2.05, 4.69) is 19.0 Å². The third kappa shape index (κ3) is 2.92. The third-order valence-corrected chi connectivity index (χ3v) is 2.56. The van der Waals surface area contributed by atoms with E-state index in [4.69, 9.17) is 0 Å². The summed E-state index contributed by atoms with van der Waals surface area (Å²) in [4.78, 5) is 38.7. The summed E-state index contributed by atoms with van der Waals surface area (Å²) in [6.45, 7) is 0. The average Bonchev–Trinajstić information content (AvgIpc) is 2.73. The highest BCUT2D eigenvalue weighted by Gasteiger charge is 2.50. The molecule has 1 heterocycles. The van der Waals surface area contributed by atoms with Gasteiger partial charge >= 0.3 is 23.6 Å². The third-order valence-electron chi connectivity index (χ3n) is 2.56. The van der Waals surface area contributed by atoms with Gasteiger partial charge in [0.2, 0.25) is 0 Å². The van der Waals surface area contributed by atoms with Crippen LogP contribution >= 0.6 is 0 Å². The van der Waals surface area contributed by atoms with Crippen molar-refractivity contribution in [2.24, 2.45) is 5.92 Å². The molecule has 2 atom stereocenters. The Labute approximate surface area is 108 Å². The quantitative estimate of drug-likeness (QED) is 0.356. The molecule has 1 rings (SSSR count). The fraction of sp³-hybridized carbons (Fsp3) is 0.600. The molecule has 0 N–H and O–H groups in total. The molecule has 0 radical (unpaired) electrons. The predicted molar refractivity (Wildman–Crippen MR) is 57.7 cm³/mol. The Morgan fingerprint density at radius 1 is 1.21 bits per heavy atom. The Balaban J connectivity index is 3.05. The number of carbonyl (C=O) groups excluding carboxylic acids is 3. The van der Waals surface area contributed by atoms with Crippen LogP contribution in [0.15, 0.2) is 0 Å². The molecule has 0 aromatic heterocycles. The highest BCUT2D eigenvalue weighted by atomic mass is 16.9. The summed E-state index contributed by atoms with van der Waals surface area (Å²) in [7, 11) is 3.29. The van der Waals surface area contributed by atoms with E-state index >= 15 is 0 Å². The Morgan fingerprint density at radius 3 is 2.32 bits per heavy atom. The molecule has 0 aromatic rings. The molecule has 9 heteroatoms. The second-order valence-corrected chi connectivity index (χ2v) is 3.57. The summed E-state index contributed by atoms with van der Waals surface area (Å²) in [6, 6.07) is 0. The Bertz CT molecular complexity index is 429. The van der Waals surface area contributed by atoms with Crippen LogP contribution in [0.2, 0.25) is 0 Å². The van der Waals surface area contributed by atoms with Crippen LogP contribution in [0.1, 0.15) is 6.42 Å². The molecule has 0 bridgehead atoms. The van der Waals surface area contributed by atoms with E-state index in [0.717, 1.165) is 21.3 Å². The predicted octanol–water partition coefficient (Wildman–Crippen LogP) is -1.22. The maximum Gasteiger partial charge on any atom is 0.405 e. The first-order valence-corrected chi connectivity index (χ1v) is 5.20. The smallest absolute Gasteiger partial charge is 0.405 e. The van der Waals surface area contributed by atoms with Gasteiger partial charge in [-0.3, -0.25) is 14.8 Å². The van der Waals surface area contributed by atoms with Crippen LogP contribution in [0, 0.1) is 11.1 Å². The zero-order chi connectivity index (χ0) is 14.6. The summed E-state index contributed by atoms with van der Waals surface area (Å²) >= 11 is 0. The van der Waals surface area contributed by atoms with Gasteiger partial charge in [-0.1, -0.05) is 0 Å². The van der Waals surface area contributed by atoms with Crippen LogP contribution in [0.25, 0.3) is 0 Å². The van der Waals surface area contributed by atoms with Crippen LogP contribution in [0.3, 0.4) is 0 Å². The number of esters is 3. The van der Waals surface area contributed by atoms with Gasteiger partial charge in [0.1, 0.15) is 0 Å². The van der Waals surface area contributed by atoms with Gasteiger partial charge in [0.25, 0.3) is 0 Å². The van der Waals surface area contributed by atoms with Crippen molar-refractivity contribution < 1.29 is 38.3 Å². The second kappa shape index (κ2) is 6.03. The largest absolute Gasteiger partial charge is 0.469 e. The van der Waals surface area contributed by atoms with Crippen LogP contribution in [0.5, 0.6) is 0 Å². The summed E-state index contributed by atoms with van der Waals surface area (Å²) in [6.07, 6.45) is -1.78. The molecule has 0 fully saturated rings. The molecule has 19 heavy (non-hydrogen) atoms. The number of hydrogen-bond acceptors (Lipinski definition) is 8. The van der Waals surface area contributed by atoms with Crippen molar-refractivity contribution in [3.05, 3.63) is 5.21 Å². The molecule has 0 amide bonds. The molecular formula is C10H13NO8. The summed E-state index contributed by atoms with van der Waals surface area (Å²) < 4.78 is 13.3. The second-order valence-electron chi connectivity index (χ2n) is 3.57. The first kappa shape index (κ1) is 14.7. The van der Waals surface area contributed by atoms with Crippen molar-refractivity contribution in [3.63, 3.8) is 0 Å². The van der Waals surface area contributed by atoms with Crippen molar-refractivity contribution in [2.45, 2.75) is 12.5 Å². The highest BCUT2D eigenvalue weighted by Crippen LogP contribution is 2.24. The Kier molecular flexibility index (Phi) is 4.67. The van der Waals surface area contributed by atoms with Crippen molar-refractivity contribution in [1.82, 2.24) is 0 Å². The van der Waals surface area contributed by atoms with Gasteiger partial charge in [-0.05, 0) is 0 Å². The molecule has 0 aromatic carbocycles. The molecule has 0 saturated carbocycles. The maximum atomic E-state index is 11.5. The summed E-state index contributed by atoms with van der Waals surface area (Å²) in [5, 5.41) is 11.5. The van der Waals surface area contributed by atoms with E-state index in [1.54, 1.807) is 0 Å². The van der Waals surface area contributed by atoms with Crippen LogP contribution in [0.4, 0.5) is 0 Å². The monoisotopic (exact) mass is 275 g/mol. The summed E-state index contributed by atoms with van der Waals surface area (Å²) in [5.41, 5.74) is -0.483. The van der Waals surface area contributed by atoms with Crippen molar-refractivity contribution in [1.29, 1.82) is 0 Å². The molecule has 0 saturated heterocycles. The first-order valence-electron chi connectivity index (χ1n) is 5.20. The lowest BCUT2D eigenvalue weighted by molar-refractivity contribution is -0.737. The van der Waals surface area contributed by atoms with Crippen molar-refractivity contribution >= 4 is 23.6 Å². The van der Waals surface area contributed by atoms with Crippen LogP contribution in [-0.2, 0) is 33.4 Å². The van der Waals surface area contributed by atoms with Gasteiger partial charge in [-0.15, -0.1) is 0 Å². The maximum absolute atomic E-state index is 11.5. The number of hydrogen-bond donors (Lipinski definition) is 0. The van der Waals surface area contributed by atoms with E-state index in [9.17, 15) is 19.6 Å². The van der Waals surface area contributed by atoms with Gasteiger partial charge in [0.05, 0.1) is 38.6 Å². The van der Waals surface area contributed by atoms with Crippen molar-refractivity contribution in [3.8, 4) is 0 Å². The van der Waals surface area contributed by atoms with Gasteiger partial charge in [0.15, 0.2) is 6.10 Å². The van der Waals surface area contributed by atoms with Crippen LogP contribution < -0.4 is 0 Å². The Morgan fingerprint density at radius 2 is 1.84 bits per heavy atom. The van der Waals surface area contributed by atoms with Crippen molar-refractivity contribution in [2.75, 3.05) is 21.3 Å². The molecule has 1 aliphatic rings. The lowest BCUT2D eigenvalue weighted by atomic mass is 9.93. The number of carbonyl (C=O) groups is 3. The zero-order valence-corrected chi connectivity index (χ0v) is 10.6. The molecule has 0 unspecified atom stereocenters. The first-order chi connectivity index (χ1) is 8.96. The minimum Gasteiger partial charge on any atom is -0.469 e. The van der Waals surface area contributed by atoms with E-state index < -0.39 is 35.6 Å². The SMILES string of the molecule is COC(=O)C[C@@H]1C(C(=O)OC)=[N+]([O-])O[C@@H]1C(=O)OC. The van der Waals surface area contributed by atoms with E-state index in [-0.39, 0.29) is 11.3 Å². The minimum atomic E-state index is -1.39. The van der Waals surface area contributed by atoms with Crippen LogP contribution in [-0.4, -0.2) is 56.0 Å². The van der Waals surface area contributed by atoms with Gasteiger partial charge < -0.3 is 19.0 Å². The molecule has 1 aliphatic heterocycles.